The van der Waals surface area contributed by atoms with E-state index in [0.29, 0.717) is 32.6 Å². The van der Waals surface area contributed by atoms with Crippen LogP contribution in [0.25, 0.3) is 10.2 Å². The Labute approximate surface area is 185 Å². The van der Waals surface area contributed by atoms with Crippen LogP contribution in [0.1, 0.15) is 35.7 Å². The molecule has 2 aliphatic rings. The quantitative estimate of drug-likeness (QED) is 0.732. The fourth-order valence-electron chi connectivity index (χ4n) is 3.64. The van der Waals surface area contributed by atoms with Crippen LogP contribution in [0, 0.1) is 0 Å². The van der Waals surface area contributed by atoms with E-state index in [4.69, 9.17) is 14.2 Å². The van der Waals surface area contributed by atoms with Gasteiger partial charge in [-0.05, 0) is 6.92 Å². The van der Waals surface area contributed by atoms with Crippen molar-refractivity contribution in [3.8, 4) is 5.88 Å². The smallest absolute Gasteiger partial charge is 0.418 e. The summed E-state index contributed by atoms with van der Waals surface area (Å²) in [5.74, 6) is -0.744. The Morgan fingerprint density at radius 3 is 2.72 bits per heavy atom. The Hall–Kier alpha value is -2.60. The number of rotatable bonds is 4. The standard InChI is InChI=1S/C20H22F3N3O5S/c1-10-8-29-4-3-26(10)19(28)31-12-5-11(6-12)30-15-7-14(20(21,22)23)17-16(25-15)13(9-32-17)18(27)24-2/h7,9-12H,3-6,8H2,1-2H3,(H,24,27)/t10-,11?,12?/m0/s1. The number of nitrogens with one attached hydrogen (secondary N) is 1. The number of carbonyl (C=O) groups excluding carboxylic acids is 2. The molecule has 8 nitrogen and oxygen atoms in total. The highest BCUT2D eigenvalue weighted by Crippen LogP contribution is 2.41. The van der Waals surface area contributed by atoms with E-state index in [2.05, 4.69) is 10.3 Å². The number of fused-ring (bicyclic) bond motifs is 1. The molecule has 1 atom stereocenters. The zero-order chi connectivity index (χ0) is 23.0. The van der Waals surface area contributed by atoms with Crippen molar-refractivity contribution in [1.29, 1.82) is 0 Å². The molecule has 2 amide bonds. The number of nitrogens with zero attached hydrogens (tertiary/aromatic N) is 2. The molecule has 12 heteroatoms. The average molecular weight is 473 g/mol. The van der Waals surface area contributed by atoms with Crippen molar-refractivity contribution in [3.63, 3.8) is 0 Å². The van der Waals surface area contributed by atoms with Gasteiger partial charge in [0.2, 0.25) is 5.88 Å². The molecule has 1 N–H and O–H groups in total. The van der Waals surface area contributed by atoms with Crippen LogP contribution in [0.4, 0.5) is 18.0 Å². The third kappa shape index (κ3) is 4.46. The van der Waals surface area contributed by atoms with Gasteiger partial charge in [0.05, 0.1) is 40.6 Å². The van der Waals surface area contributed by atoms with Gasteiger partial charge in [0.15, 0.2) is 0 Å². The maximum atomic E-state index is 13.6. The molecule has 174 valence electrons. The summed E-state index contributed by atoms with van der Waals surface area (Å²) >= 11 is 0.809. The Balaban J connectivity index is 1.44. The van der Waals surface area contributed by atoms with Crippen molar-refractivity contribution in [2.24, 2.45) is 0 Å². The fourth-order valence-corrected chi connectivity index (χ4v) is 4.66. The van der Waals surface area contributed by atoms with Crippen LogP contribution in [-0.4, -0.2) is 66.9 Å². The van der Waals surface area contributed by atoms with E-state index >= 15 is 0 Å². The van der Waals surface area contributed by atoms with E-state index in [1.807, 2.05) is 6.92 Å². The summed E-state index contributed by atoms with van der Waals surface area (Å²) in [4.78, 5) is 30.1. The second-order valence-corrected chi connectivity index (χ2v) is 8.63. The lowest BCUT2D eigenvalue weighted by molar-refractivity contribution is -0.136. The fraction of sp³-hybridized carbons (Fsp3) is 0.550. The first-order valence-electron chi connectivity index (χ1n) is 10.1. The monoisotopic (exact) mass is 473 g/mol. The van der Waals surface area contributed by atoms with Gasteiger partial charge in [-0.15, -0.1) is 11.3 Å². The average Bonchev–Trinajstić information content (AvgIpc) is 3.14. The highest BCUT2D eigenvalue weighted by molar-refractivity contribution is 7.17. The van der Waals surface area contributed by atoms with Crippen molar-refractivity contribution in [3.05, 3.63) is 22.6 Å². The third-order valence-electron chi connectivity index (χ3n) is 5.48. The lowest BCUT2D eigenvalue weighted by atomic mass is 9.92. The lowest BCUT2D eigenvalue weighted by Gasteiger charge is -2.38. The van der Waals surface area contributed by atoms with Crippen molar-refractivity contribution >= 4 is 33.6 Å². The number of morpholine rings is 1. The normalized spacial score (nSPS) is 23.5. The van der Waals surface area contributed by atoms with Crippen molar-refractivity contribution in [1.82, 2.24) is 15.2 Å². The zero-order valence-electron chi connectivity index (χ0n) is 17.4. The van der Waals surface area contributed by atoms with Gasteiger partial charge in [-0.25, -0.2) is 9.78 Å². The van der Waals surface area contributed by atoms with E-state index in [-0.39, 0.29) is 33.8 Å². The number of carbonyl (C=O) groups is 2. The first-order valence-corrected chi connectivity index (χ1v) is 11.0. The second kappa shape index (κ2) is 8.74. The molecular formula is C20H22F3N3O5S. The Kier molecular flexibility index (Phi) is 6.17. The van der Waals surface area contributed by atoms with Gasteiger partial charge in [-0.3, -0.25) is 4.79 Å². The summed E-state index contributed by atoms with van der Waals surface area (Å²) in [6.45, 7) is 3.21. The van der Waals surface area contributed by atoms with E-state index in [1.54, 1.807) is 4.90 Å². The SMILES string of the molecule is CNC(=O)c1csc2c(C(F)(F)F)cc(OC3CC(OC(=O)N4CCOC[C@@H]4C)C3)nc12. The van der Waals surface area contributed by atoms with Gasteiger partial charge >= 0.3 is 12.3 Å². The number of halogens is 3. The summed E-state index contributed by atoms with van der Waals surface area (Å²) in [7, 11) is 1.39. The number of pyridine rings is 1. The van der Waals surface area contributed by atoms with Gasteiger partial charge in [0, 0.05) is 37.9 Å². The Morgan fingerprint density at radius 1 is 1.31 bits per heavy atom. The van der Waals surface area contributed by atoms with Crippen LogP contribution >= 0.6 is 11.3 Å². The topological polar surface area (TPSA) is 90.0 Å². The van der Waals surface area contributed by atoms with E-state index < -0.39 is 29.8 Å². The largest absolute Gasteiger partial charge is 0.474 e. The minimum Gasteiger partial charge on any atom is -0.474 e. The van der Waals surface area contributed by atoms with Gasteiger partial charge in [0.25, 0.3) is 5.91 Å². The van der Waals surface area contributed by atoms with E-state index in [1.165, 1.54) is 12.4 Å². The molecule has 3 heterocycles. The van der Waals surface area contributed by atoms with Crippen LogP contribution in [0.15, 0.2) is 11.4 Å². The highest BCUT2D eigenvalue weighted by atomic mass is 32.1. The van der Waals surface area contributed by atoms with Crippen LogP contribution < -0.4 is 10.1 Å². The first kappa shape index (κ1) is 22.6. The molecule has 2 fully saturated rings. The molecule has 0 aromatic carbocycles. The number of alkyl halides is 3. The number of hydrogen-bond acceptors (Lipinski definition) is 7. The van der Waals surface area contributed by atoms with Gasteiger partial charge in [-0.2, -0.15) is 13.2 Å². The van der Waals surface area contributed by atoms with Gasteiger partial charge in [0.1, 0.15) is 12.2 Å². The molecule has 2 aromatic rings. The zero-order valence-corrected chi connectivity index (χ0v) is 18.2. The molecule has 1 aliphatic heterocycles. The predicted molar refractivity (Wildman–Crippen MR) is 109 cm³/mol. The summed E-state index contributed by atoms with van der Waals surface area (Å²) in [5, 5.41) is 3.75. The predicted octanol–water partition coefficient (Wildman–Crippen LogP) is 3.44. The van der Waals surface area contributed by atoms with Gasteiger partial charge < -0.3 is 24.4 Å². The number of aromatic nitrogens is 1. The van der Waals surface area contributed by atoms with Crippen LogP contribution in [-0.2, 0) is 15.7 Å². The van der Waals surface area contributed by atoms with Crippen molar-refractivity contribution < 1.29 is 37.0 Å². The molecule has 4 rings (SSSR count). The lowest BCUT2D eigenvalue weighted by Crippen LogP contribution is -2.50. The van der Waals surface area contributed by atoms with Crippen LogP contribution in [0.3, 0.4) is 0 Å². The molecule has 0 spiro atoms. The van der Waals surface area contributed by atoms with E-state index in [0.717, 1.165) is 17.4 Å². The maximum Gasteiger partial charge on any atom is 0.418 e. The maximum absolute atomic E-state index is 13.6. The molecule has 0 radical (unpaired) electrons. The third-order valence-corrected chi connectivity index (χ3v) is 6.49. The second-order valence-electron chi connectivity index (χ2n) is 7.75. The molecular weight excluding hydrogens is 451 g/mol. The van der Waals surface area contributed by atoms with E-state index in [9.17, 15) is 22.8 Å². The van der Waals surface area contributed by atoms with Crippen LogP contribution in [0.5, 0.6) is 5.88 Å². The summed E-state index contributed by atoms with van der Waals surface area (Å²) < 4.78 is 57.1. The molecule has 1 saturated carbocycles. The van der Waals surface area contributed by atoms with Crippen LogP contribution in [0.2, 0.25) is 0 Å². The first-order chi connectivity index (χ1) is 15.2. The van der Waals surface area contributed by atoms with Gasteiger partial charge in [-0.1, -0.05) is 0 Å². The minimum absolute atomic E-state index is 0.0530. The Bertz CT molecular complexity index is 1020. The van der Waals surface area contributed by atoms with Crippen molar-refractivity contribution in [2.75, 3.05) is 26.8 Å². The molecule has 1 aliphatic carbocycles. The number of ether oxygens (including phenoxy) is 3. The molecule has 2 aromatic heterocycles. The minimum atomic E-state index is -4.63. The molecule has 0 unspecified atom stereocenters. The Morgan fingerprint density at radius 2 is 2.06 bits per heavy atom. The highest BCUT2D eigenvalue weighted by Gasteiger charge is 2.39. The number of amides is 2. The molecule has 1 saturated heterocycles. The summed E-state index contributed by atoms with van der Waals surface area (Å²) in [5.41, 5.74) is -0.896. The number of hydrogen-bond donors (Lipinski definition) is 1. The van der Waals surface area contributed by atoms with Crippen molar-refractivity contribution in [2.45, 2.75) is 44.2 Å². The molecule has 32 heavy (non-hydrogen) atoms. The summed E-state index contributed by atoms with van der Waals surface area (Å²) in [6.07, 6.45) is -5.19. The molecule has 0 bridgehead atoms. The summed E-state index contributed by atoms with van der Waals surface area (Å²) in [6, 6.07) is 0.765. The number of thiophene rings is 1.